The fraction of sp³-hybridized carbons (Fsp3) is 0.333. The van der Waals surface area contributed by atoms with Gasteiger partial charge in [-0.15, -0.1) is 0 Å². The standard InChI is InChI=1S/C12H14ClN3O2/c13-8-2-1-3-10(6-8)14-7-11(17)16-12(18)15-9-4-5-9/h1-3,6,9,14H,4-5,7H2,(H2,15,16,17,18). The van der Waals surface area contributed by atoms with Gasteiger partial charge in [0.2, 0.25) is 5.91 Å². The van der Waals surface area contributed by atoms with Gasteiger partial charge in [-0.25, -0.2) is 4.79 Å². The molecule has 0 spiro atoms. The minimum absolute atomic E-state index is 0.0262. The number of imide groups is 1. The number of hydrogen-bond acceptors (Lipinski definition) is 3. The van der Waals surface area contributed by atoms with Crippen LogP contribution in [-0.4, -0.2) is 24.5 Å². The number of amides is 3. The van der Waals surface area contributed by atoms with Crippen LogP contribution in [0.5, 0.6) is 0 Å². The number of nitrogens with one attached hydrogen (secondary N) is 3. The third-order valence-electron chi connectivity index (χ3n) is 2.44. The van der Waals surface area contributed by atoms with E-state index in [1.807, 2.05) is 0 Å². The van der Waals surface area contributed by atoms with Crippen LogP contribution in [0.4, 0.5) is 10.5 Å². The van der Waals surface area contributed by atoms with Crippen LogP contribution in [-0.2, 0) is 4.79 Å². The third kappa shape index (κ3) is 4.25. The first-order chi connectivity index (χ1) is 8.63. The molecule has 0 bridgehead atoms. The van der Waals surface area contributed by atoms with Crippen LogP contribution >= 0.6 is 11.6 Å². The van der Waals surface area contributed by atoms with Crippen molar-refractivity contribution in [3.05, 3.63) is 29.3 Å². The Morgan fingerprint density at radius 2 is 2.11 bits per heavy atom. The second-order valence-electron chi connectivity index (χ2n) is 4.16. The van der Waals surface area contributed by atoms with Crippen molar-refractivity contribution in [2.75, 3.05) is 11.9 Å². The maximum atomic E-state index is 11.4. The lowest BCUT2D eigenvalue weighted by atomic mass is 10.3. The Hall–Kier alpha value is -1.75. The number of anilines is 1. The second-order valence-corrected chi connectivity index (χ2v) is 4.60. The van der Waals surface area contributed by atoms with Crippen LogP contribution in [0.25, 0.3) is 0 Å². The molecule has 1 aromatic carbocycles. The van der Waals surface area contributed by atoms with E-state index in [0.29, 0.717) is 5.02 Å². The molecule has 96 valence electrons. The molecule has 18 heavy (non-hydrogen) atoms. The Balaban J connectivity index is 1.72. The molecule has 0 radical (unpaired) electrons. The predicted molar refractivity (Wildman–Crippen MR) is 69.6 cm³/mol. The molecule has 6 heteroatoms. The fourth-order valence-electron chi connectivity index (χ4n) is 1.40. The molecule has 1 aliphatic rings. The van der Waals surface area contributed by atoms with E-state index in [1.54, 1.807) is 24.3 Å². The van der Waals surface area contributed by atoms with Gasteiger partial charge in [0, 0.05) is 16.8 Å². The van der Waals surface area contributed by atoms with Crippen molar-refractivity contribution >= 4 is 29.2 Å². The predicted octanol–water partition coefficient (Wildman–Crippen LogP) is 1.74. The van der Waals surface area contributed by atoms with E-state index in [1.165, 1.54) is 0 Å². The maximum absolute atomic E-state index is 11.4. The SMILES string of the molecule is O=C(CNc1cccc(Cl)c1)NC(=O)NC1CC1. The first-order valence-electron chi connectivity index (χ1n) is 5.73. The van der Waals surface area contributed by atoms with Crippen molar-refractivity contribution in [1.82, 2.24) is 10.6 Å². The molecule has 0 heterocycles. The highest BCUT2D eigenvalue weighted by atomic mass is 35.5. The largest absolute Gasteiger partial charge is 0.376 e. The van der Waals surface area contributed by atoms with Gasteiger partial charge in [-0.2, -0.15) is 0 Å². The summed E-state index contributed by atoms with van der Waals surface area (Å²) >= 11 is 5.80. The van der Waals surface area contributed by atoms with Crippen molar-refractivity contribution in [3.8, 4) is 0 Å². The molecule has 0 aromatic heterocycles. The fourth-order valence-corrected chi connectivity index (χ4v) is 1.59. The molecule has 0 saturated heterocycles. The van der Waals surface area contributed by atoms with E-state index >= 15 is 0 Å². The first-order valence-corrected chi connectivity index (χ1v) is 6.11. The van der Waals surface area contributed by atoms with Crippen molar-refractivity contribution in [1.29, 1.82) is 0 Å². The number of carbonyl (C=O) groups excluding carboxylic acids is 2. The van der Waals surface area contributed by atoms with E-state index in [0.717, 1.165) is 18.5 Å². The molecule has 3 amide bonds. The molecule has 1 saturated carbocycles. The molecule has 1 aromatic rings. The second kappa shape index (κ2) is 5.73. The lowest BCUT2D eigenvalue weighted by molar-refractivity contribution is -0.118. The normalized spacial score (nSPS) is 13.8. The number of urea groups is 1. The van der Waals surface area contributed by atoms with Gasteiger partial charge in [0.25, 0.3) is 0 Å². The van der Waals surface area contributed by atoms with Crippen LogP contribution in [0.1, 0.15) is 12.8 Å². The molecular formula is C12H14ClN3O2. The zero-order chi connectivity index (χ0) is 13.0. The Labute approximate surface area is 110 Å². The summed E-state index contributed by atoms with van der Waals surface area (Å²) in [6, 6.07) is 6.83. The van der Waals surface area contributed by atoms with Gasteiger partial charge in [-0.05, 0) is 31.0 Å². The summed E-state index contributed by atoms with van der Waals surface area (Å²) in [6.07, 6.45) is 1.98. The van der Waals surface area contributed by atoms with Gasteiger partial charge in [-0.3, -0.25) is 10.1 Å². The Morgan fingerprint density at radius 1 is 1.33 bits per heavy atom. The maximum Gasteiger partial charge on any atom is 0.321 e. The van der Waals surface area contributed by atoms with Crippen molar-refractivity contribution in [3.63, 3.8) is 0 Å². The number of carbonyl (C=O) groups is 2. The highest BCUT2D eigenvalue weighted by molar-refractivity contribution is 6.30. The van der Waals surface area contributed by atoms with Crippen LogP contribution in [0.2, 0.25) is 5.02 Å². The summed E-state index contributed by atoms with van der Waals surface area (Å²) in [5.74, 6) is -0.381. The number of halogens is 1. The molecule has 0 aliphatic heterocycles. The molecule has 2 rings (SSSR count). The summed E-state index contributed by atoms with van der Waals surface area (Å²) in [4.78, 5) is 22.7. The zero-order valence-corrected chi connectivity index (χ0v) is 10.5. The van der Waals surface area contributed by atoms with Crippen molar-refractivity contribution < 1.29 is 9.59 Å². The quantitative estimate of drug-likeness (QED) is 0.778. The lowest BCUT2D eigenvalue weighted by Crippen LogP contribution is -2.42. The van der Waals surface area contributed by atoms with Gasteiger partial charge in [0.1, 0.15) is 0 Å². The number of hydrogen-bond donors (Lipinski definition) is 3. The van der Waals surface area contributed by atoms with Crippen LogP contribution in [0.3, 0.4) is 0 Å². The van der Waals surface area contributed by atoms with E-state index < -0.39 is 6.03 Å². The van der Waals surface area contributed by atoms with Crippen LogP contribution in [0.15, 0.2) is 24.3 Å². The van der Waals surface area contributed by atoms with E-state index in [9.17, 15) is 9.59 Å². The van der Waals surface area contributed by atoms with Crippen molar-refractivity contribution in [2.45, 2.75) is 18.9 Å². The average Bonchev–Trinajstić information content (AvgIpc) is 3.10. The molecule has 3 N–H and O–H groups in total. The van der Waals surface area contributed by atoms with Crippen LogP contribution < -0.4 is 16.0 Å². The van der Waals surface area contributed by atoms with Crippen molar-refractivity contribution in [2.24, 2.45) is 0 Å². The van der Waals surface area contributed by atoms with Gasteiger partial charge in [-0.1, -0.05) is 17.7 Å². The summed E-state index contributed by atoms with van der Waals surface area (Å²) in [5.41, 5.74) is 0.736. The molecule has 0 unspecified atom stereocenters. The number of rotatable bonds is 4. The Morgan fingerprint density at radius 3 is 2.78 bits per heavy atom. The first kappa shape index (κ1) is 12.7. The smallest absolute Gasteiger partial charge is 0.321 e. The minimum atomic E-state index is -0.435. The lowest BCUT2D eigenvalue weighted by Gasteiger charge is -2.07. The summed E-state index contributed by atoms with van der Waals surface area (Å²) in [5, 5.41) is 8.40. The summed E-state index contributed by atoms with van der Waals surface area (Å²) < 4.78 is 0. The minimum Gasteiger partial charge on any atom is -0.376 e. The van der Waals surface area contributed by atoms with Gasteiger partial charge >= 0.3 is 6.03 Å². The molecule has 1 fully saturated rings. The van der Waals surface area contributed by atoms with Crippen LogP contribution in [0, 0.1) is 0 Å². The molecule has 5 nitrogen and oxygen atoms in total. The highest BCUT2D eigenvalue weighted by Crippen LogP contribution is 2.18. The topological polar surface area (TPSA) is 70.2 Å². The highest BCUT2D eigenvalue weighted by Gasteiger charge is 2.23. The van der Waals surface area contributed by atoms with Gasteiger partial charge < -0.3 is 10.6 Å². The molecular weight excluding hydrogens is 254 g/mol. The zero-order valence-electron chi connectivity index (χ0n) is 9.70. The monoisotopic (exact) mass is 267 g/mol. The van der Waals surface area contributed by atoms with Gasteiger partial charge in [0.15, 0.2) is 0 Å². The number of benzene rings is 1. The Bertz CT molecular complexity index is 460. The third-order valence-corrected chi connectivity index (χ3v) is 2.68. The Kier molecular flexibility index (Phi) is 4.04. The van der Waals surface area contributed by atoms with E-state index in [-0.39, 0.29) is 18.5 Å². The van der Waals surface area contributed by atoms with Gasteiger partial charge in [0.05, 0.1) is 6.54 Å². The van der Waals surface area contributed by atoms with E-state index in [4.69, 9.17) is 11.6 Å². The average molecular weight is 268 g/mol. The molecule has 1 aliphatic carbocycles. The summed E-state index contributed by atoms with van der Waals surface area (Å²) in [6.45, 7) is 0.0262. The molecule has 0 atom stereocenters. The summed E-state index contributed by atoms with van der Waals surface area (Å²) in [7, 11) is 0. The van der Waals surface area contributed by atoms with E-state index in [2.05, 4.69) is 16.0 Å².